The third-order valence-corrected chi connectivity index (χ3v) is 3.03. The van der Waals surface area contributed by atoms with Gasteiger partial charge in [0.15, 0.2) is 0 Å². The molecule has 0 spiro atoms. The summed E-state index contributed by atoms with van der Waals surface area (Å²) in [5.41, 5.74) is 1.05. The van der Waals surface area contributed by atoms with E-state index in [1.165, 1.54) is 7.11 Å². The average Bonchev–Trinajstić information content (AvgIpc) is 2.86. The quantitative estimate of drug-likeness (QED) is 0.789. The number of aryl methyl sites for hydroxylation is 1. The summed E-state index contributed by atoms with van der Waals surface area (Å²) in [6.07, 6.45) is 2.55. The van der Waals surface area contributed by atoms with E-state index in [4.69, 9.17) is 16.3 Å². The highest BCUT2D eigenvalue weighted by Crippen LogP contribution is 2.25. The molecule has 0 atom stereocenters. The minimum Gasteiger partial charge on any atom is -0.496 e. The van der Waals surface area contributed by atoms with Crippen molar-refractivity contribution >= 4 is 17.4 Å². The van der Waals surface area contributed by atoms with E-state index in [-0.39, 0.29) is 5.78 Å². The van der Waals surface area contributed by atoms with Gasteiger partial charge in [-0.2, -0.15) is 5.10 Å². The minimum atomic E-state index is -0.112. The summed E-state index contributed by atoms with van der Waals surface area (Å²) < 4.78 is 6.91. The second-order valence-corrected chi connectivity index (χ2v) is 4.55. The third kappa shape index (κ3) is 2.79. The number of nitrogens with zero attached hydrogens (tertiary/aromatic N) is 2. The largest absolute Gasteiger partial charge is 0.496 e. The van der Waals surface area contributed by atoms with E-state index in [1.807, 2.05) is 6.92 Å². The van der Waals surface area contributed by atoms with Crippen LogP contribution in [0.15, 0.2) is 30.5 Å². The molecule has 0 saturated heterocycles. The molecule has 1 heterocycles. The summed E-state index contributed by atoms with van der Waals surface area (Å²) in [5, 5.41) is 4.69. The highest BCUT2D eigenvalue weighted by molar-refractivity contribution is 6.31. The van der Waals surface area contributed by atoms with Gasteiger partial charge in [-0.3, -0.25) is 9.48 Å². The summed E-state index contributed by atoms with van der Waals surface area (Å²) in [5.74, 6) is 0.362. The average molecular weight is 279 g/mol. The smallest absolute Gasteiger partial charge is 0.214 e. The molecule has 5 heteroatoms. The molecule has 0 radical (unpaired) electrons. The molecule has 2 aromatic rings. The van der Waals surface area contributed by atoms with Gasteiger partial charge in [0.05, 0.1) is 12.7 Å². The fourth-order valence-electron chi connectivity index (χ4n) is 1.91. The molecular weight excluding hydrogens is 264 g/mol. The van der Waals surface area contributed by atoms with Crippen LogP contribution in [-0.4, -0.2) is 22.7 Å². The Bertz CT molecular complexity index is 593. The van der Waals surface area contributed by atoms with E-state index in [0.717, 1.165) is 6.42 Å². The fourth-order valence-corrected chi connectivity index (χ4v) is 2.07. The van der Waals surface area contributed by atoms with Crippen molar-refractivity contribution in [3.8, 4) is 5.75 Å². The molecular formula is C14H15ClN2O2. The monoisotopic (exact) mass is 278 g/mol. The first kappa shape index (κ1) is 13.6. The van der Waals surface area contributed by atoms with Crippen LogP contribution in [0.4, 0.5) is 0 Å². The standard InChI is InChI=1S/C14H15ClN2O2/c1-3-8-17-12(6-7-16-17)14(18)11-5-4-10(15)9-13(11)19-2/h4-7,9H,3,8H2,1-2H3. The zero-order valence-electron chi connectivity index (χ0n) is 10.9. The number of hydrogen-bond donors (Lipinski definition) is 0. The van der Waals surface area contributed by atoms with Crippen LogP contribution in [0.2, 0.25) is 5.02 Å². The summed E-state index contributed by atoms with van der Waals surface area (Å²) in [7, 11) is 1.52. The molecule has 100 valence electrons. The lowest BCUT2D eigenvalue weighted by Crippen LogP contribution is -2.12. The Kier molecular flexibility index (Phi) is 4.22. The van der Waals surface area contributed by atoms with E-state index in [1.54, 1.807) is 35.1 Å². The number of aromatic nitrogens is 2. The molecule has 0 saturated carbocycles. The molecule has 0 aliphatic heterocycles. The number of rotatable bonds is 5. The van der Waals surface area contributed by atoms with Gasteiger partial charge in [-0.25, -0.2) is 0 Å². The molecule has 0 bridgehead atoms. The summed E-state index contributed by atoms with van der Waals surface area (Å²) in [4.78, 5) is 12.5. The maximum atomic E-state index is 12.5. The van der Waals surface area contributed by atoms with Crippen LogP contribution in [-0.2, 0) is 6.54 Å². The van der Waals surface area contributed by atoms with Gasteiger partial charge in [0, 0.05) is 17.8 Å². The van der Waals surface area contributed by atoms with Crippen molar-refractivity contribution in [2.75, 3.05) is 7.11 Å². The molecule has 1 aromatic carbocycles. The lowest BCUT2D eigenvalue weighted by atomic mass is 10.1. The van der Waals surface area contributed by atoms with Gasteiger partial charge in [0.1, 0.15) is 11.4 Å². The molecule has 0 unspecified atom stereocenters. The van der Waals surface area contributed by atoms with Crippen LogP contribution in [0.25, 0.3) is 0 Å². The molecule has 4 nitrogen and oxygen atoms in total. The zero-order valence-corrected chi connectivity index (χ0v) is 11.6. The molecule has 0 fully saturated rings. The number of ketones is 1. The highest BCUT2D eigenvalue weighted by Gasteiger charge is 2.18. The second kappa shape index (κ2) is 5.89. The van der Waals surface area contributed by atoms with Crippen molar-refractivity contribution in [3.63, 3.8) is 0 Å². The Hall–Kier alpha value is -1.81. The van der Waals surface area contributed by atoms with Crippen LogP contribution in [0, 0.1) is 0 Å². The lowest BCUT2D eigenvalue weighted by molar-refractivity contribution is 0.102. The molecule has 2 rings (SSSR count). The predicted molar refractivity (Wildman–Crippen MR) is 74.0 cm³/mol. The van der Waals surface area contributed by atoms with Crippen molar-refractivity contribution < 1.29 is 9.53 Å². The molecule has 0 N–H and O–H groups in total. The first-order chi connectivity index (χ1) is 9.17. The van der Waals surface area contributed by atoms with Crippen molar-refractivity contribution in [1.82, 2.24) is 9.78 Å². The Morgan fingerprint density at radius 3 is 2.89 bits per heavy atom. The Labute approximate surface area is 116 Å². The maximum absolute atomic E-state index is 12.5. The number of benzene rings is 1. The summed E-state index contributed by atoms with van der Waals surface area (Å²) >= 11 is 5.90. The van der Waals surface area contributed by atoms with Gasteiger partial charge >= 0.3 is 0 Å². The summed E-state index contributed by atoms with van der Waals surface area (Å²) in [6.45, 7) is 2.75. The van der Waals surface area contributed by atoms with E-state index < -0.39 is 0 Å². The fraction of sp³-hybridized carbons (Fsp3) is 0.286. The topological polar surface area (TPSA) is 44.1 Å². The van der Waals surface area contributed by atoms with Crippen LogP contribution in [0.3, 0.4) is 0 Å². The number of carbonyl (C=O) groups is 1. The van der Waals surface area contributed by atoms with Gasteiger partial charge in [-0.15, -0.1) is 0 Å². The summed E-state index contributed by atoms with van der Waals surface area (Å²) in [6, 6.07) is 6.70. The van der Waals surface area contributed by atoms with Crippen LogP contribution in [0.1, 0.15) is 29.4 Å². The number of hydrogen-bond acceptors (Lipinski definition) is 3. The number of halogens is 1. The Morgan fingerprint density at radius 1 is 1.42 bits per heavy atom. The second-order valence-electron chi connectivity index (χ2n) is 4.11. The molecule has 0 amide bonds. The van der Waals surface area contributed by atoms with Crippen LogP contribution in [0.5, 0.6) is 5.75 Å². The normalized spacial score (nSPS) is 10.5. The van der Waals surface area contributed by atoms with Crippen LogP contribution >= 0.6 is 11.6 Å². The molecule has 1 aromatic heterocycles. The van der Waals surface area contributed by atoms with Gasteiger partial charge in [0.25, 0.3) is 0 Å². The number of ether oxygens (including phenoxy) is 1. The first-order valence-corrected chi connectivity index (χ1v) is 6.45. The number of carbonyl (C=O) groups excluding carboxylic acids is 1. The minimum absolute atomic E-state index is 0.112. The van der Waals surface area contributed by atoms with E-state index in [0.29, 0.717) is 28.6 Å². The van der Waals surface area contributed by atoms with Gasteiger partial charge in [-0.05, 0) is 30.7 Å². The maximum Gasteiger partial charge on any atom is 0.214 e. The zero-order chi connectivity index (χ0) is 13.8. The predicted octanol–water partition coefficient (Wildman–Crippen LogP) is 3.19. The molecule has 19 heavy (non-hydrogen) atoms. The van der Waals surface area contributed by atoms with Crippen LogP contribution < -0.4 is 4.74 Å². The van der Waals surface area contributed by atoms with Gasteiger partial charge < -0.3 is 4.74 Å². The lowest BCUT2D eigenvalue weighted by Gasteiger charge is -2.09. The van der Waals surface area contributed by atoms with E-state index >= 15 is 0 Å². The SMILES string of the molecule is CCCn1nccc1C(=O)c1ccc(Cl)cc1OC. The van der Waals surface area contributed by atoms with Crippen molar-refractivity contribution in [1.29, 1.82) is 0 Å². The Balaban J connectivity index is 2.41. The molecule has 0 aliphatic rings. The van der Waals surface area contributed by atoms with Gasteiger partial charge in [0.2, 0.25) is 5.78 Å². The first-order valence-electron chi connectivity index (χ1n) is 6.07. The van der Waals surface area contributed by atoms with E-state index in [9.17, 15) is 4.79 Å². The van der Waals surface area contributed by atoms with E-state index in [2.05, 4.69) is 5.10 Å². The molecule has 0 aliphatic carbocycles. The van der Waals surface area contributed by atoms with Crippen molar-refractivity contribution in [2.45, 2.75) is 19.9 Å². The third-order valence-electron chi connectivity index (χ3n) is 2.79. The number of methoxy groups -OCH3 is 1. The highest BCUT2D eigenvalue weighted by atomic mass is 35.5. The van der Waals surface area contributed by atoms with Crippen molar-refractivity contribution in [2.24, 2.45) is 0 Å². The van der Waals surface area contributed by atoms with Crippen molar-refractivity contribution in [3.05, 3.63) is 46.7 Å². The van der Waals surface area contributed by atoms with Gasteiger partial charge in [-0.1, -0.05) is 18.5 Å². The Morgan fingerprint density at radius 2 is 2.21 bits per heavy atom.